The van der Waals surface area contributed by atoms with Crippen LogP contribution < -0.4 is 0 Å². The van der Waals surface area contributed by atoms with Crippen molar-refractivity contribution in [3.05, 3.63) is 35.9 Å². The van der Waals surface area contributed by atoms with Gasteiger partial charge in [-0.25, -0.2) is 4.36 Å². The molecule has 2 unspecified atom stereocenters. The van der Waals surface area contributed by atoms with E-state index in [0.717, 1.165) is 5.56 Å². The molecule has 0 aliphatic rings. The summed E-state index contributed by atoms with van der Waals surface area (Å²) in [6.45, 7) is -0.105. The Morgan fingerprint density at radius 3 is 2.43 bits per heavy atom. The van der Waals surface area contributed by atoms with Gasteiger partial charge in [0.2, 0.25) is 0 Å². The van der Waals surface area contributed by atoms with Gasteiger partial charge in [-0.15, -0.1) is 0 Å². The predicted molar refractivity (Wildman–Crippen MR) is 79.8 cm³/mol. The van der Waals surface area contributed by atoms with Crippen molar-refractivity contribution in [2.45, 2.75) is 19.3 Å². The lowest BCUT2D eigenvalue weighted by molar-refractivity contribution is -0.142. The predicted octanol–water partition coefficient (Wildman–Crippen LogP) is 1.46. The summed E-state index contributed by atoms with van der Waals surface area (Å²) >= 11 is 0. The third-order valence-corrected chi connectivity index (χ3v) is 4.04. The van der Waals surface area contributed by atoms with Gasteiger partial charge in [0.15, 0.2) is 0 Å². The van der Waals surface area contributed by atoms with Crippen LogP contribution in [0.25, 0.3) is 0 Å². The first kappa shape index (κ1) is 17.2. The normalized spacial score (nSPS) is 13.7. The molecule has 0 spiro atoms. The van der Waals surface area contributed by atoms with Gasteiger partial charge in [0.25, 0.3) is 0 Å². The van der Waals surface area contributed by atoms with E-state index in [9.17, 15) is 13.8 Å². The Morgan fingerprint density at radius 2 is 1.86 bits per heavy atom. The molecule has 6 nitrogen and oxygen atoms in total. The molecular weight excluding hydrogens is 294 g/mol. The average molecular weight is 313 g/mol. The van der Waals surface area contributed by atoms with Crippen molar-refractivity contribution >= 4 is 22.5 Å². The second-order valence-electron chi connectivity index (χ2n) is 4.60. The highest BCUT2D eigenvalue weighted by molar-refractivity contribution is 7.74. The summed E-state index contributed by atoms with van der Waals surface area (Å²) in [5, 5.41) is 17.5. The third kappa shape index (κ3) is 7.45. The molecule has 0 bridgehead atoms. The minimum absolute atomic E-state index is 0.00394. The Bertz CT molecular complexity index is 552. The SMILES string of the molecule is O=C(O)CCC(C/N=[SH](=O)\CCc1ccccc1)C(=O)O. The van der Waals surface area contributed by atoms with E-state index in [1.54, 1.807) is 0 Å². The molecule has 0 heterocycles. The van der Waals surface area contributed by atoms with Gasteiger partial charge < -0.3 is 10.2 Å². The first-order chi connectivity index (χ1) is 9.99. The minimum Gasteiger partial charge on any atom is -0.481 e. The molecular formula is C14H19NO5S. The van der Waals surface area contributed by atoms with Gasteiger partial charge in [-0.3, -0.25) is 13.8 Å². The molecule has 0 aliphatic heterocycles. The zero-order chi connectivity index (χ0) is 15.7. The zero-order valence-electron chi connectivity index (χ0n) is 11.5. The Morgan fingerprint density at radius 1 is 1.19 bits per heavy atom. The van der Waals surface area contributed by atoms with E-state index in [1.807, 2.05) is 30.3 Å². The van der Waals surface area contributed by atoms with Crippen LogP contribution in [-0.2, 0) is 26.6 Å². The number of thiol groups is 1. The highest BCUT2D eigenvalue weighted by Gasteiger charge is 2.18. The van der Waals surface area contributed by atoms with Gasteiger partial charge in [-0.2, -0.15) is 0 Å². The fraction of sp³-hybridized carbons (Fsp3) is 0.429. The molecule has 1 rings (SSSR count). The molecule has 0 fully saturated rings. The molecule has 0 saturated heterocycles. The monoisotopic (exact) mass is 313 g/mol. The van der Waals surface area contributed by atoms with Gasteiger partial charge in [0, 0.05) is 22.8 Å². The number of hydrogen-bond acceptors (Lipinski definition) is 4. The first-order valence-corrected chi connectivity index (χ1v) is 7.99. The second-order valence-corrected chi connectivity index (χ2v) is 6.04. The lowest BCUT2D eigenvalue weighted by atomic mass is 10.0. The van der Waals surface area contributed by atoms with E-state index in [0.29, 0.717) is 12.2 Å². The molecule has 7 heteroatoms. The topological polar surface area (TPSA) is 104 Å². The van der Waals surface area contributed by atoms with Crippen molar-refractivity contribution in [1.82, 2.24) is 0 Å². The van der Waals surface area contributed by atoms with Crippen LogP contribution in [0.1, 0.15) is 18.4 Å². The van der Waals surface area contributed by atoms with Crippen molar-refractivity contribution in [3.63, 3.8) is 0 Å². The fourth-order valence-electron chi connectivity index (χ4n) is 1.72. The van der Waals surface area contributed by atoms with Gasteiger partial charge >= 0.3 is 11.9 Å². The molecule has 0 amide bonds. The summed E-state index contributed by atoms with van der Waals surface area (Å²) < 4.78 is 15.6. The Balaban J connectivity index is 2.46. The lowest BCUT2D eigenvalue weighted by Gasteiger charge is -2.07. The molecule has 21 heavy (non-hydrogen) atoms. The highest BCUT2D eigenvalue weighted by atomic mass is 32.2. The maximum atomic E-state index is 11.8. The number of benzene rings is 1. The van der Waals surface area contributed by atoms with E-state index >= 15 is 0 Å². The second kappa shape index (κ2) is 9.12. The summed E-state index contributed by atoms with van der Waals surface area (Å²) in [4.78, 5) is 21.4. The van der Waals surface area contributed by atoms with Crippen LogP contribution in [0.4, 0.5) is 0 Å². The first-order valence-electron chi connectivity index (χ1n) is 6.59. The van der Waals surface area contributed by atoms with E-state index in [-0.39, 0.29) is 19.4 Å². The summed E-state index contributed by atoms with van der Waals surface area (Å²) in [6, 6.07) is 9.54. The molecule has 1 aromatic rings. The van der Waals surface area contributed by atoms with Gasteiger partial charge in [0.05, 0.1) is 12.5 Å². The average Bonchev–Trinajstić information content (AvgIpc) is 2.45. The van der Waals surface area contributed by atoms with Gasteiger partial charge in [0.1, 0.15) is 0 Å². The van der Waals surface area contributed by atoms with Crippen molar-refractivity contribution in [1.29, 1.82) is 0 Å². The number of aliphatic carboxylic acids is 2. The van der Waals surface area contributed by atoms with Crippen LogP contribution in [-0.4, -0.2) is 38.7 Å². The number of rotatable bonds is 9. The third-order valence-electron chi connectivity index (χ3n) is 2.95. The standard InChI is InChI=1S/C14H19NO5S/c16-13(17)7-6-12(14(18)19)10-15-21(20)9-8-11-4-2-1-3-5-11/h1-5,12,21H,6-10H2,(H,16,17)(H,18,19). The van der Waals surface area contributed by atoms with Crippen molar-refractivity contribution < 1.29 is 24.0 Å². The van der Waals surface area contributed by atoms with Crippen molar-refractivity contribution in [3.8, 4) is 0 Å². The molecule has 0 radical (unpaired) electrons. The molecule has 0 saturated carbocycles. The van der Waals surface area contributed by atoms with Crippen LogP contribution in [0.2, 0.25) is 0 Å². The lowest BCUT2D eigenvalue weighted by Crippen LogP contribution is -2.18. The number of carbonyl (C=O) groups is 2. The number of carboxylic acid groups (broad SMARTS) is 2. The van der Waals surface area contributed by atoms with Crippen LogP contribution >= 0.6 is 0 Å². The van der Waals surface area contributed by atoms with Gasteiger partial charge in [-0.1, -0.05) is 30.3 Å². The summed E-state index contributed by atoms with van der Waals surface area (Å²) in [5.41, 5.74) is 1.05. The van der Waals surface area contributed by atoms with Gasteiger partial charge in [-0.05, 0) is 18.4 Å². The van der Waals surface area contributed by atoms with E-state index < -0.39 is 28.5 Å². The Hall–Kier alpha value is -1.89. The molecule has 2 N–H and O–H groups in total. The Kier molecular flexibility index (Phi) is 7.45. The van der Waals surface area contributed by atoms with E-state index in [2.05, 4.69) is 4.36 Å². The van der Waals surface area contributed by atoms with Crippen LogP contribution in [0, 0.1) is 5.92 Å². The summed E-state index contributed by atoms with van der Waals surface area (Å²) in [7, 11) is -1.82. The molecule has 0 aromatic heterocycles. The fourth-order valence-corrected chi connectivity index (χ4v) is 2.69. The molecule has 116 valence electrons. The van der Waals surface area contributed by atoms with Crippen molar-refractivity contribution in [2.24, 2.45) is 10.3 Å². The quantitative estimate of drug-likeness (QED) is 0.599. The van der Waals surface area contributed by atoms with E-state index in [4.69, 9.17) is 10.2 Å². The van der Waals surface area contributed by atoms with Crippen LogP contribution in [0.5, 0.6) is 0 Å². The van der Waals surface area contributed by atoms with E-state index in [1.165, 1.54) is 0 Å². The summed E-state index contributed by atoms with van der Waals surface area (Å²) in [5.74, 6) is -2.68. The van der Waals surface area contributed by atoms with Crippen LogP contribution in [0.15, 0.2) is 34.7 Å². The number of nitrogens with zero attached hydrogens (tertiary/aromatic N) is 1. The summed E-state index contributed by atoms with van der Waals surface area (Å²) in [6.07, 6.45) is 0.385. The highest BCUT2D eigenvalue weighted by Crippen LogP contribution is 2.08. The Labute approximate surface area is 125 Å². The zero-order valence-corrected chi connectivity index (χ0v) is 12.4. The smallest absolute Gasteiger partial charge is 0.308 e. The minimum atomic E-state index is -1.82. The maximum absolute atomic E-state index is 11.8. The maximum Gasteiger partial charge on any atom is 0.308 e. The largest absolute Gasteiger partial charge is 0.481 e. The molecule has 2 atom stereocenters. The van der Waals surface area contributed by atoms with Crippen molar-refractivity contribution in [2.75, 3.05) is 12.3 Å². The molecule has 0 aliphatic carbocycles. The van der Waals surface area contributed by atoms with Crippen LogP contribution in [0.3, 0.4) is 0 Å². The number of carboxylic acids is 2. The number of hydrogen-bond donors (Lipinski definition) is 3. The number of aryl methyl sites for hydroxylation is 1. The molecule has 1 aromatic carbocycles.